The van der Waals surface area contributed by atoms with Crippen LogP contribution >= 0.6 is 0 Å². The highest BCUT2D eigenvalue weighted by Crippen LogP contribution is 2.32. The predicted octanol–water partition coefficient (Wildman–Crippen LogP) is 2.54. The standard InChI is InChI=1S/C15H18F3N5O2/c1-4-9-21(10(2)3)13(24)23-14(25)22(19-20-23)12-8-6-5-7-11(12)15(16,17)18/h5-8,10H,4,9H2,1-3H3. The third-order valence-electron chi connectivity index (χ3n) is 3.53. The summed E-state index contributed by atoms with van der Waals surface area (Å²) in [6.45, 7) is 5.78. The Morgan fingerprint density at radius 3 is 2.44 bits per heavy atom. The molecule has 136 valence electrons. The second kappa shape index (κ2) is 7.08. The van der Waals surface area contributed by atoms with Crippen molar-refractivity contribution in [2.24, 2.45) is 0 Å². The highest BCUT2D eigenvalue weighted by Gasteiger charge is 2.35. The second-order valence-corrected chi connectivity index (χ2v) is 5.67. The van der Waals surface area contributed by atoms with E-state index in [1.54, 1.807) is 13.8 Å². The van der Waals surface area contributed by atoms with Crippen molar-refractivity contribution in [1.29, 1.82) is 0 Å². The average molecular weight is 357 g/mol. The van der Waals surface area contributed by atoms with E-state index in [1.807, 2.05) is 6.92 Å². The van der Waals surface area contributed by atoms with E-state index in [0.29, 0.717) is 22.3 Å². The summed E-state index contributed by atoms with van der Waals surface area (Å²) in [4.78, 5) is 26.3. The maximum absolute atomic E-state index is 13.1. The van der Waals surface area contributed by atoms with Crippen LogP contribution in [0.15, 0.2) is 29.1 Å². The number of aromatic nitrogens is 4. The molecular weight excluding hydrogens is 339 g/mol. The van der Waals surface area contributed by atoms with Crippen molar-refractivity contribution in [3.63, 3.8) is 0 Å². The van der Waals surface area contributed by atoms with Crippen molar-refractivity contribution in [3.05, 3.63) is 40.3 Å². The van der Waals surface area contributed by atoms with Crippen LogP contribution in [-0.4, -0.2) is 43.3 Å². The Morgan fingerprint density at radius 1 is 1.24 bits per heavy atom. The van der Waals surface area contributed by atoms with Gasteiger partial charge in [-0.25, -0.2) is 9.59 Å². The van der Waals surface area contributed by atoms with Gasteiger partial charge < -0.3 is 4.90 Å². The zero-order valence-corrected chi connectivity index (χ0v) is 14.0. The quantitative estimate of drug-likeness (QED) is 0.789. The number of carbonyl (C=O) groups excluding carboxylic acids is 1. The fourth-order valence-corrected chi connectivity index (χ4v) is 2.35. The van der Waals surface area contributed by atoms with Gasteiger partial charge in [-0.15, -0.1) is 4.68 Å². The molecule has 2 rings (SSSR count). The van der Waals surface area contributed by atoms with Crippen LogP contribution in [0.2, 0.25) is 0 Å². The maximum atomic E-state index is 13.1. The molecule has 0 N–H and O–H groups in total. The van der Waals surface area contributed by atoms with Crippen molar-refractivity contribution in [2.75, 3.05) is 6.54 Å². The fraction of sp³-hybridized carbons (Fsp3) is 0.467. The summed E-state index contributed by atoms with van der Waals surface area (Å²) in [7, 11) is 0. The Morgan fingerprint density at radius 2 is 1.88 bits per heavy atom. The maximum Gasteiger partial charge on any atom is 0.418 e. The molecule has 0 atom stereocenters. The Labute approximate surface area is 141 Å². The van der Waals surface area contributed by atoms with Crippen LogP contribution in [0.25, 0.3) is 5.69 Å². The molecule has 0 bridgehead atoms. The minimum Gasteiger partial charge on any atom is -0.320 e. The van der Waals surface area contributed by atoms with E-state index >= 15 is 0 Å². The van der Waals surface area contributed by atoms with Gasteiger partial charge in [0.25, 0.3) is 0 Å². The van der Waals surface area contributed by atoms with Gasteiger partial charge in [0.15, 0.2) is 0 Å². The summed E-state index contributed by atoms with van der Waals surface area (Å²) in [5.41, 5.74) is -2.57. The Hall–Kier alpha value is -2.65. The highest BCUT2D eigenvalue weighted by molar-refractivity contribution is 5.75. The van der Waals surface area contributed by atoms with E-state index in [9.17, 15) is 22.8 Å². The number of nitrogens with zero attached hydrogens (tertiary/aromatic N) is 5. The van der Waals surface area contributed by atoms with Gasteiger partial charge in [0.05, 0.1) is 11.3 Å². The smallest absolute Gasteiger partial charge is 0.320 e. The van der Waals surface area contributed by atoms with Gasteiger partial charge >= 0.3 is 17.9 Å². The number of amides is 1. The van der Waals surface area contributed by atoms with Crippen molar-refractivity contribution in [2.45, 2.75) is 39.4 Å². The summed E-state index contributed by atoms with van der Waals surface area (Å²) in [6, 6.07) is 3.55. The SMILES string of the molecule is CCCN(C(=O)n1nnn(-c2ccccc2C(F)(F)F)c1=O)C(C)C. The Kier molecular flexibility index (Phi) is 5.29. The topological polar surface area (TPSA) is 73.0 Å². The number of para-hydroxylation sites is 1. The molecular formula is C15H18F3N5O2. The number of tetrazole rings is 1. The lowest BCUT2D eigenvalue weighted by Crippen LogP contribution is -2.44. The van der Waals surface area contributed by atoms with Crippen molar-refractivity contribution in [3.8, 4) is 5.69 Å². The van der Waals surface area contributed by atoms with Gasteiger partial charge in [-0.3, -0.25) is 0 Å². The largest absolute Gasteiger partial charge is 0.418 e. The minimum atomic E-state index is -4.67. The van der Waals surface area contributed by atoms with Crippen LogP contribution in [0.1, 0.15) is 32.8 Å². The van der Waals surface area contributed by atoms with Crippen LogP contribution < -0.4 is 5.69 Å². The van der Waals surface area contributed by atoms with Gasteiger partial charge in [-0.1, -0.05) is 19.1 Å². The Bertz CT molecular complexity index is 810. The minimum absolute atomic E-state index is 0.202. The van der Waals surface area contributed by atoms with Crippen molar-refractivity contribution in [1.82, 2.24) is 24.7 Å². The molecule has 0 aliphatic carbocycles. The predicted molar refractivity (Wildman–Crippen MR) is 83.5 cm³/mol. The molecule has 7 nitrogen and oxygen atoms in total. The number of alkyl halides is 3. The molecule has 0 fully saturated rings. The van der Waals surface area contributed by atoms with E-state index in [1.165, 1.54) is 17.0 Å². The van der Waals surface area contributed by atoms with E-state index in [2.05, 4.69) is 10.4 Å². The first kappa shape index (κ1) is 18.7. The van der Waals surface area contributed by atoms with Gasteiger partial charge in [-0.05, 0) is 42.8 Å². The summed E-state index contributed by atoms with van der Waals surface area (Å²) >= 11 is 0. The van der Waals surface area contributed by atoms with Crippen molar-refractivity contribution >= 4 is 6.03 Å². The highest BCUT2D eigenvalue weighted by atomic mass is 19.4. The summed E-state index contributed by atoms with van der Waals surface area (Å²) in [5, 5.41) is 6.91. The van der Waals surface area contributed by atoms with Crippen LogP contribution in [0, 0.1) is 0 Å². The normalized spacial score (nSPS) is 11.8. The molecule has 0 aliphatic heterocycles. The average Bonchev–Trinajstić information content (AvgIpc) is 2.92. The molecule has 0 aliphatic rings. The lowest BCUT2D eigenvalue weighted by atomic mass is 10.2. The first-order valence-electron chi connectivity index (χ1n) is 7.71. The van der Waals surface area contributed by atoms with Crippen LogP contribution in [-0.2, 0) is 6.18 Å². The lowest BCUT2D eigenvalue weighted by Gasteiger charge is -2.24. The molecule has 2 aromatic rings. The Balaban J connectivity index is 2.50. The number of hydrogen-bond donors (Lipinski definition) is 0. The van der Waals surface area contributed by atoms with Gasteiger partial charge in [0, 0.05) is 12.6 Å². The van der Waals surface area contributed by atoms with E-state index in [-0.39, 0.29) is 6.04 Å². The molecule has 0 radical (unpaired) electrons. The first-order valence-corrected chi connectivity index (χ1v) is 7.71. The monoisotopic (exact) mass is 357 g/mol. The van der Waals surface area contributed by atoms with Gasteiger partial charge in [0.1, 0.15) is 0 Å². The number of benzene rings is 1. The molecule has 0 saturated heterocycles. The number of rotatable bonds is 4. The zero-order chi connectivity index (χ0) is 18.8. The third kappa shape index (κ3) is 3.72. The van der Waals surface area contributed by atoms with E-state index in [0.717, 1.165) is 12.1 Å². The third-order valence-corrected chi connectivity index (χ3v) is 3.53. The first-order chi connectivity index (χ1) is 11.7. The number of carbonyl (C=O) groups is 1. The molecule has 1 amide bonds. The molecule has 0 unspecified atom stereocenters. The number of hydrogen-bond acceptors (Lipinski definition) is 4. The van der Waals surface area contributed by atoms with Crippen molar-refractivity contribution < 1.29 is 18.0 Å². The summed E-state index contributed by atoms with van der Waals surface area (Å²) in [5.74, 6) is 0. The van der Waals surface area contributed by atoms with Gasteiger partial charge in [0.2, 0.25) is 0 Å². The second-order valence-electron chi connectivity index (χ2n) is 5.67. The summed E-state index contributed by atoms with van der Waals surface area (Å²) < 4.78 is 40.3. The molecule has 0 spiro atoms. The molecule has 0 saturated carbocycles. The van der Waals surface area contributed by atoms with Gasteiger partial charge in [-0.2, -0.15) is 17.9 Å². The zero-order valence-electron chi connectivity index (χ0n) is 14.0. The summed E-state index contributed by atoms with van der Waals surface area (Å²) in [6.07, 6.45) is -4.01. The van der Waals surface area contributed by atoms with E-state index < -0.39 is 29.1 Å². The lowest BCUT2D eigenvalue weighted by molar-refractivity contribution is -0.137. The molecule has 1 aromatic heterocycles. The van der Waals surface area contributed by atoms with E-state index in [4.69, 9.17) is 0 Å². The molecule has 25 heavy (non-hydrogen) atoms. The van der Waals surface area contributed by atoms with Crippen LogP contribution in [0.4, 0.5) is 18.0 Å². The van der Waals surface area contributed by atoms with Crippen LogP contribution in [0.5, 0.6) is 0 Å². The molecule has 1 aromatic carbocycles. The molecule has 10 heteroatoms. The van der Waals surface area contributed by atoms with Crippen LogP contribution in [0.3, 0.4) is 0 Å². The fourth-order valence-electron chi connectivity index (χ4n) is 2.35. The molecule has 1 heterocycles. The number of halogens is 3.